The minimum Gasteiger partial charge on any atom is -0.411 e. The summed E-state index contributed by atoms with van der Waals surface area (Å²) in [5.41, 5.74) is 4.48. The number of oxime groups is 1. The molecule has 4 rings (SSSR count). The minimum absolute atomic E-state index is 0. The number of nitrogens with zero attached hydrogens (tertiary/aromatic N) is 4. The lowest BCUT2D eigenvalue weighted by molar-refractivity contribution is -0.683. The lowest BCUT2D eigenvalue weighted by Gasteiger charge is -2.17. The highest BCUT2D eigenvalue weighted by atomic mass is 79.9. The van der Waals surface area contributed by atoms with Crippen molar-refractivity contribution < 1.29 is 19.4 Å². The standard InChI is InChI=1S/C28H22N4O4.BrH/c33-27(19-31-13-9-21(10-14-31)17-29-35)25-5-1-23(2-6-25)24-3-7-26(8-4-24)28(34)20-32-15-11-22(12-16-32)18-30-36;/h1-18H,19-20H2;1H/p+1. The number of halogens is 1. The molecule has 1 aliphatic rings. The van der Waals surface area contributed by atoms with E-state index < -0.39 is 0 Å². The van der Waals surface area contributed by atoms with Gasteiger partial charge in [-0.05, 0) is 34.0 Å². The van der Waals surface area contributed by atoms with E-state index in [-0.39, 0.29) is 41.6 Å². The molecule has 0 saturated heterocycles. The van der Waals surface area contributed by atoms with Crippen molar-refractivity contribution in [2.24, 2.45) is 10.3 Å². The summed E-state index contributed by atoms with van der Waals surface area (Å²) < 4.78 is 1.76. The van der Waals surface area contributed by atoms with Gasteiger partial charge in [0.1, 0.15) is 0 Å². The van der Waals surface area contributed by atoms with Gasteiger partial charge in [-0.15, -0.1) is 21.9 Å². The molecule has 186 valence electrons. The smallest absolute Gasteiger partial charge is 0.227 e. The van der Waals surface area contributed by atoms with Crippen LogP contribution < -0.4 is 4.57 Å². The van der Waals surface area contributed by atoms with Gasteiger partial charge in [0, 0.05) is 41.2 Å². The SMILES string of the molecule is Br.O=NC=C1C=CN(CC(=O)c2ccc(-c3ccc(C(=O)C[n+]4ccc(/C=N/O)cc4)cc3)cc2)C=C1. The number of allylic oxidation sites excluding steroid dienone is 3. The van der Waals surface area contributed by atoms with Crippen molar-refractivity contribution in [1.29, 1.82) is 0 Å². The molecule has 0 bridgehead atoms. The van der Waals surface area contributed by atoms with Crippen molar-refractivity contribution in [2.75, 3.05) is 6.54 Å². The molecule has 0 saturated carbocycles. The Morgan fingerprint density at radius 3 is 1.89 bits per heavy atom. The minimum atomic E-state index is -0.0353. The van der Waals surface area contributed by atoms with E-state index in [1.807, 2.05) is 24.3 Å². The number of Topliss-reactive ketones (excluding diaryl/α,β-unsaturated/α-hetero) is 2. The Morgan fingerprint density at radius 2 is 1.38 bits per heavy atom. The zero-order valence-corrected chi connectivity index (χ0v) is 21.4. The van der Waals surface area contributed by atoms with Crippen LogP contribution in [0.15, 0.2) is 120 Å². The van der Waals surface area contributed by atoms with Crippen LogP contribution in [-0.4, -0.2) is 34.4 Å². The summed E-state index contributed by atoms with van der Waals surface area (Å²) >= 11 is 0. The van der Waals surface area contributed by atoms with Crippen LogP contribution in [-0.2, 0) is 6.54 Å². The van der Waals surface area contributed by atoms with Crippen molar-refractivity contribution in [3.8, 4) is 11.1 Å². The van der Waals surface area contributed by atoms with Crippen molar-refractivity contribution >= 4 is 34.8 Å². The molecule has 0 atom stereocenters. The fraction of sp³-hybridized carbons (Fsp3) is 0.0714. The molecule has 8 nitrogen and oxygen atoms in total. The van der Waals surface area contributed by atoms with Crippen LogP contribution in [0.2, 0.25) is 0 Å². The quantitative estimate of drug-likeness (QED) is 0.0982. The van der Waals surface area contributed by atoms with E-state index in [9.17, 15) is 14.5 Å². The molecule has 0 fully saturated rings. The molecule has 0 radical (unpaired) electrons. The lowest BCUT2D eigenvalue weighted by Crippen LogP contribution is -2.37. The maximum absolute atomic E-state index is 12.6. The number of nitroso groups, excluding NO2 is 1. The van der Waals surface area contributed by atoms with E-state index in [0.717, 1.165) is 16.7 Å². The maximum Gasteiger partial charge on any atom is 0.227 e. The van der Waals surface area contributed by atoms with Crippen LogP contribution in [0.25, 0.3) is 11.1 Å². The molecular weight excluding hydrogens is 536 g/mol. The highest BCUT2D eigenvalue weighted by Gasteiger charge is 2.13. The summed E-state index contributed by atoms with van der Waals surface area (Å²) in [5.74, 6) is -0.0613. The zero-order chi connectivity index (χ0) is 25.3. The molecule has 1 N–H and O–H groups in total. The predicted octanol–water partition coefficient (Wildman–Crippen LogP) is 5.09. The number of carbonyl (C=O) groups is 2. The molecule has 0 spiro atoms. The highest BCUT2D eigenvalue weighted by Crippen LogP contribution is 2.21. The van der Waals surface area contributed by atoms with E-state index in [1.54, 1.807) is 82.8 Å². The van der Waals surface area contributed by atoms with Gasteiger partial charge in [-0.3, -0.25) is 9.59 Å². The maximum atomic E-state index is 12.6. The van der Waals surface area contributed by atoms with E-state index >= 15 is 0 Å². The third kappa shape index (κ3) is 7.25. The molecule has 1 aromatic heterocycles. The van der Waals surface area contributed by atoms with E-state index in [4.69, 9.17) is 5.21 Å². The molecular formula is C28H24BrN4O4+. The Labute approximate surface area is 224 Å². The third-order valence-electron chi connectivity index (χ3n) is 5.64. The molecule has 37 heavy (non-hydrogen) atoms. The van der Waals surface area contributed by atoms with E-state index in [1.165, 1.54) is 12.4 Å². The second-order valence-electron chi connectivity index (χ2n) is 8.09. The van der Waals surface area contributed by atoms with Gasteiger partial charge >= 0.3 is 0 Å². The van der Waals surface area contributed by atoms with Gasteiger partial charge in [-0.2, -0.15) is 4.57 Å². The first kappa shape index (κ1) is 27.1. The number of ketones is 2. The van der Waals surface area contributed by atoms with Gasteiger partial charge in [0.2, 0.25) is 12.3 Å². The van der Waals surface area contributed by atoms with Crippen LogP contribution in [0.4, 0.5) is 0 Å². The Hall–Kier alpha value is -4.50. The summed E-state index contributed by atoms with van der Waals surface area (Å²) in [4.78, 5) is 37.3. The summed E-state index contributed by atoms with van der Waals surface area (Å²) in [6.07, 6.45) is 12.9. The van der Waals surface area contributed by atoms with Crippen LogP contribution in [0.5, 0.6) is 0 Å². The monoisotopic (exact) mass is 559 g/mol. The van der Waals surface area contributed by atoms with Gasteiger partial charge in [-0.25, -0.2) is 0 Å². The first-order valence-electron chi connectivity index (χ1n) is 11.1. The summed E-state index contributed by atoms with van der Waals surface area (Å²) in [6, 6.07) is 18.2. The van der Waals surface area contributed by atoms with Gasteiger partial charge in [0.25, 0.3) is 0 Å². The number of hydrogen-bond donors (Lipinski definition) is 1. The normalized spacial score (nSPS) is 12.3. The summed E-state index contributed by atoms with van der Waals surface area (Å²) in [6.45, 7) is 0.375. The highest BCUT2D eigenvalue weighted by molar-refractivity contribution is 8.93. The fourth-order valence-electron chi connectivity index (χ4n) is 3.66. The Bertz CT molecular complexity index is 1360. The van der Waals surface area contributed by atoms with Crippen molar-refractivity contribution in [3.05, 3.63) is 131 Å². The molecule has 0 aliphatic carbocycles. The number of carbonyl (C=O) groups excluding carboxylic acids is 2. The van der Waals surface area contributed by atoms with E-state index in [2.05, 4.69) is 10.3 Å². The number of hydrogen-bond acceptors (Lipinski definition) is 7. The Kier molecular flexibility index (Phi) is 9.51. The molecule has 0 unspecified atom stereocenters. The second-order valence-corrected chi connectivity index (χ2v) is 8.09. The Balaban J connectivity index is 0.00000380. The number of rotatable bonds is 9. The van der Waals surface area contributed by atoms with Crippen molar-refractivity contribution in [2.45, 2.75) is 6.54 Å². The van der Waals surface area contributed by atoms with Gasteiger partial charge in [0.15, 0.2) is 18.2 Å². The van der Waals surface area contributed by atoms with E-state index in [0.29, 0.717) is 16.7 Å². The molecule has 2 aromatic carbocycles. The molecule has 2 heterocycles. The average Bonchev–Trinajstić information content (AvgIpc) is 2.91. The van der Waals surface area contributed by atoms with Gasteiger partial charge in [-0.1, -0.05) is 53.7 Å². The zero-order valence-electron chi connectivity index (χ0n) is 19.7. The number of benzene rings is 2. The predicted molar refractivity (Wildman–Crippen MR) is 146 cm³/mol. The number of pyridine rings is 1. The van der Waals surface area contributed by atoms with Gasteiger partial charge in [0.05, 0.1) is 19.0 Å². The van der Waals surface area contributed by atoms with Gasteiger partial charge < -0.3 is 10.1 Å². The summed E-state index contributed by atoms with van der Waals surface area (Å²) in [5, 5.41) is 14.3. The molecule has 3 aromatic rings. The Morgan fingerprint density at radius 1 is 0.838 bits per heavy atom. The molecule has 0 amide bonds. The molecule has 9 heteroatoms. The lowest BCUT2D eigenvalue weighted by atomic mass is 10.00. The van der Waals surface area contributed by atoms with Crippen molar-refractivity contribution in [1.82, 2.24) is 4.90 Å². The van der Waals surface area contributed by atoms with Crippen LogP contribution in [0.3, 0.4) is 0 Å². The van der Waals surface area contributed by atoms with Crippen molar-refractivity contribution in [3.63, 3.8) is 0 Å². The molecule has 1 aliphatic heterocycles. The average molecular weight is 560 g/mol. The topological polar surface area (TPSA) is 103 Å². The van der Waals surface area contributed by atoms with Crippen LogP contribution in [0, 0.1) is 4.91 Å². The first-order chi connectivity index (χ1) is 17.6. The van der Waals surface area contributed by atoms with Crippen LogP contribution >= 0.6 is 17.0 Å². The summed E-state index contributed by atoms with van der Waals surface area (Å²) in [7, 11) is 0. The third-order valence-corrected chi connectivity index (χ3v) is 5.64. The fourth-order valence-corrected chi connectivity index (χ4v) is 3.66. The first-order valence-corrected chi connectivity index (χ1v) is 11.1. The second kappa shape index (κ2) is 13.0. The van der Waals surface area contributed by atoms with Crippen LogP contribution in [0.1, 0.15) is 26.3 Å². The largest absolute Gasteiger partial charge is 0.411 e. The number of aromatic nitrogens is 1.